The zero-order valence-electron chi connectivity index (χ0n) is 8.30. The normalized spacial score (nSPS) is 31.3. The van der Waals surface area contributed by atoms with Gasteiger partial charge in [-0.1, -0.05) is 12.1 Å². The Morgan fingerprint density at radius 1 is 1.27 bits per heavy atom. The van der Waals surface area contributed by atoms with Crippen LogP contribution in [0.2, 0.25) is 0 Å². The number of ether oxygens (including phenoxy) is 1. The maximum absolute atomic E-state index is 12.7. The summed E-state index contributed by atoms with van der Waals surface area (Å²) >= 11 is 6.38. The van der Waals surface area contributed by atoms with Crippen molar-refractivity contribution in [2.75, 3.05) is 6.61 Å². The molecule has 1 saturated carbocycles. The third kappa shape index (κ3) is 1.56. The van der Waals surface area contributed by atoms with E-state index in [4.69, 9.17) is 16.3 Å². The fourth-order valence-corrected chi connectivity index (χ4v) is 2.37. The Balaban J connectivity index is 1.78. The van der Waals surface area contributed by atoms with Crippen LogP contribution in [-0.2, 0) is 11.2 Å². The molecule has 15 heavy (non-hydrogen) atoms. The van der Waals surface area contributed by atoms with Crippen molar-refractivity contribution in [3.8, 4) is 0 Å². The summed E-state index contributed by atoms with van der Waals surface area (Å²) in [7, 11) is 0. The van der Waals surface area contributed by atoms with Crippen LogP contribution in [0.15, 0.2) is 24.3 Å². The molecule has 3 heteroatoms. The summed E-state index contributed by atoms with van der Waals surface area (Å²) in [5.41, 5.74) is 0.938. The van der Waals surface area contributed by atoms with E-state index in [2.05, 4.69) is 0 Å². The third-order valence-electron chi connectivity index (χ3n) is 3.40. The van der Waals surface area contributed by atoms with Crippen LogP contribution in [-0.4, -0.2) is 17.1 Å². The van der Waals surface area contributed by atoms with Crippen molar-refractivity contribution in [3.05, 3.63) is 35.6 Å². The van der Waals surface area contributed by atoms with E-state index in [-0.39, 0.29) is 16.3 Å². The second-order valence-corrected chi connectivity index (χ2v) is 5.28. The second-order valence-electron chi connectivity index (χ2n) is 4.55. The molecule has 0 bridgehead atoms. The Morgan fingerprint density at radius 2 is 1.87 bits per heavy atom. The van der Waals surface area contributed by atoms with Crippen LogP contribution in [0.1, 0.15) is 18.4 Å². The molecule has 1 aromatic rings. The standard InChI is InChI=1S/C12H12ClFO/c13-11(5-6-11)12(8-15-12)7-9-1-3-10(14)4-2-9/h1-4H,5-8H2. The lowest BCUT2D eigenvalue weighted by molar-refractivity contribution is 0.284. The van der Waals surface area contributed by atoms with E-state index in [1.807, 2.05) is 0 Å². The molecule has 0 spiro atoms. The summed E-state index contributed by atoms with van der Waals surface area (Å²) in [6, 6.07) is 6.58. The Bertz CT molecular complexity index is 379. The molecule has 0 amide bonds. The highest BCUT2D eigenvalue weighted by Crippen LogP contribution is 2.59. The van der Waals surface area contributed by atoms with Crippen molar-refractivity contribution in [2.24, 2.45) is 0 Å². The van der Waals surface area contributed by atoms with Crippen LogP contribution in [0.25, 0.3) is 0 Å². The zero-order valence-corrected chi connectivity index (χ0v) is 9.06. The van der Waals surface area contributed by atoms with Gasteiger partial charge in [0.25, 0.3) is 0 Å². The van der Waals surface area contributed by atoms with Crippen LogP contribution in [0, 0.1) is 5.82 Å². The average molecular weight is 227 g/mol. The first-order chi connectivity index (χ1) is 7.14. The summed E-state index contributed by atoms with van der Waals surface area (Å²) in [6.07, 6.45) is 2.88. The molecule has 0 N–H and O–H groups in total. The van der Waals surface area contributed by atoms with Gasteiger partial charge in [-0.25, -0.2) is 4.39 Å². The quantitative estimate of drug-likeness (QED) is 0.570. The summed E-state index contributed by atoms with van der Waals surface area (Å²) in [6.45, 7) is 0.744. The summed E-state index contributed by atoms with van der Waals surface area (Å²) < 4.78 is 18.3. The molecule has 1 nitrogen and oxygen atoms in total. The van der Waals surface area contributed by atoms with Crippen molar-refractivity contribution >= 4 is 11.6 Å². The average Bonchev–Trinajstić information content (AvgIpc) is 3.09. The highest BCUT2D eigenvalue weighted by molar-refractivity contribution is 6.27. The minimum absolute atomic E-state index is 0.138. The van der Waals surface area contributed by atoms with Crippen molar-refractivity contribution < 1.29 is 9.13 Å². The van der Waals surface area contributed by atoms with E-state index < -0.39 is 0 Å². The molecule has 2 fully saturated rings. The number of hydrogen-bond donors (Lipinski definition) is 0. The van der Waals surface area contributed by atoms with Gasteiger partial charge in [0, 0.05) is 6.42 Å². The van der Waals surface area contributed by atoms with E-state index in [1.54, 1.807) is 12.1 Å². The Kier molecular flexibility index (Phi) is 1.89. The van der Waals surface area contributed by atoms with Gasteiger partial charge in [0.2, 0.25) is 0 Å². The smallest absolute Gasteiger partial charge is 0.123 e. The largest absolute Gasteiger partial charge is 0.367 e. The molecule has 1 aromatic carbocycles. The fourth-order valence-electron chi connectivity index (χ4n) is 2.10. The number of alkyl halides is 1. The molecule has 1 aliphatic heterocycles. The lowest BCUT2D eigenvalue weighted by Crippen LogP contribution is -2.29. The summed E-state index contributed by atoms with van der Waals surface area (Å²) in [5.74, 6) is -0.198. The number of halogens is 2. The number of benzene rings is 1. The molecule has 3 rings (SSSR count). The molecular weight excluding hydrogens is 215 g/mol. The van der Waals surface area contributed by atoms with Crippen molar-refractivity contribution in [1.82, 2.24) is 0 Å². The van der Waals surface area contributed by atoms with Crippen LogP contribution < -0.4 is 0 Å². The van der Waals surface area contributed by atoms with Gasteiger partial charge in [0.05, 0.1) is 11.5 Å². The Labute approximate surface area is 93.2 Å². The molecule has 1 heterocycles. The lowest BCUT2D eigenvalue weighted by Gasteiger charge is -2.16. The van der Waals surface area contributed by atoms with Gasteiger partial charge in [-0.3, -0.25) is 0 Å². The van der Waals surface area contributed by atoms with E-state index in [0.717, 1.165) is 31.4 Å². The van der Waals surface area contributed by atoms with Crippen molar-refractivity contribution in [2.45, 2.75) is 29.7 Å². The first-order valence-electron chi connectivity index (χ1n) is 5.21. The van der Waals surface area contributed by atoms with Gasteiger partial charge >= 0.3 is 0 Å². The van der Waals surface area contributed by atoms with Crippen molar-refractivity contribution in [3.63, 3.8) is 0 Å². The second kappa shape index (κ2) is 2.96. The van der Waals surface area contributed by atoms with Gasteiger partial charge in [-0.05, 0) is 30.5 Å². The van der Waals surface area contributed by atoms with Gasteiger partial charge in [-0.2, -0.15) is 0 Å². The van der Waals surface area contributed by atoms with E-state index in [1.165, 1.54) is 12.1 Å². The summed E-state index contributed by atoms with van der Waals surface area (Å²) in [4.78, 5) is -0.138. The number of epoxide rings is 1. The highest BCUT2D eigenvalue weighted by Gasteiger charge is 2.66. The Morgan fingerprint density at radius 3 is 2.33 bits per heavy atom. The molecule has 0 radical (unpaired) electrons. The maximum atomic E-state index is 12.7. The monoisotopic (exact) mass is 226 g/mol. The van der Waals surface area contributed by atoms with E-state index >= 15 is 0 Å². The molecule has 0 aromatic heterocycles. The molecule has 1 unspecified atom stereocenters. The van der Waals surface area contributed by atoms with Gasteiger partial charge in [0.1, 0.15) is 11.4 Å². The first-order valence-corrected chi connectivity index (χ1v) is 5.59. The third-order valence-corrected chi connectivity index (χ3v) is 4.12. The van der Waals surface area contributed by atoms with Crippen LogP contribution in [0.5, 0.6) is 0 Å². The molecule has 1 saturated heterocycles. The van der Waals surface area contributed by atoms with Crippen LogP contribution in [0.3, 0.4) is 0 Å². The van der Waals surface area contributed by atoms with Gasteiger partial charge < -0.3 is 4.74 Å². The predicted octanol–water partition coefficient (Wildman–Crippen LogP) is 2.91. The molecule has 1 atom stereocenters. The van der Waals surface area contributed by atoms with Gasteiger partial charge in [0.15, 0.2) is 0 Å². The number of rotatable bonds is 3. The number of hydrogen-bond acceptors (Lipinski definition) is 1. The topological polar surface area (TPSA) is 12.5 Å². The lowest BCUT2D eigenvalue weighted by atomic mass is 9.95. The maximum Gasteiger partial charge on any atom is 0.123 e. The predicted molar refractivity (Wildman–Crippen MR) is 56.6 cm³/mol. The van der Waals surface area contributed by atoms with E-state index in [9.17, 15) is 4.39 Å². The molecule has 1 aliphatic carbocycles. The zero-order chi connectivity index (χ0) is 10.5. The van der Waals surface area contributed by atoms with E-state index in [0.29, 0.717) is 0 Å². The van der Waals surface area contributed by atoms with Crippen LogP contribution in [0.4, 0.5) is 4.39 Å². The fraction of sp³-hybridized carbons (Fsp3) is 0.500. The summed E-state index contributed by atoms with van der Waals surface area (Å²) in [5, 5.41) is 0. The molecular formula is C12H12ClFO. The molecule has 80 valence electrons. The van der Waals surface area contributed by atoms with Gasteiger partial charge in [-0.15, -0.1) is 11.6 Å². The Hall–Kier alpha value is -0.600. The molecule has 2 aliphatic rings. The van der Waals surface area contributed by atoms with Crippen LogP contribution >= 0.6 is 11.6 Å². The van der Waals surface area contributed by atoms with Crippen molar-refractivity contribution in [1.29, 1.82) is 0 Å². The highest BCUT2D eigenvalue weighted by atomic mass is 35.5. The first kappa shape index (κ1) is 9.61. The minimum Gasteiger partial charge on any atom is -0.367 e. The minimum atomic E-state index is -0.198. The SMILES string of the molecule is Fc1ccc(CC2(C3(Cl)CC3)CO2)cc1.